The summed E-state index contributed by atoms with van der Waals surface area (Å²) in [7, 11) is 0. The molecule has 11 aromatic rings. The van der Waals surface area contributed by atoms with Crippen LogP contribution in [0.15, 0.2) is 174 Å². The predicted molar refractivity (Wildman–Crippen MR) is 235 cm³/mol. The van der Waals surface area contributed by atoms with Crippen molar-refractivity contribution in [2.75, 3.05) is 0 Å². The molecule has 1 unspecified atom stereocenters. The quantitative estimate of drug-likeness (QED) is 0.176. The van der Waals surface area contributed by atoms with Gasteiger partial charge in [-0.25, -0.2) is 4.98 Å². The molecule has 0 aliphatic heterocycles. The summed E-state index contributed by atoms with van der Waals surface area (Å²) < 4.78 is 9.87. The molecule has 7 aromatic carbocycles. The SMILES string of the molecule is C1=CC(c2ccc(-c3cccc4c3oc3ccccc34)cc2)Cc2sc3cc4c5ccccc5n(-c5nc(-c6ccccc6)nc(-c6ccccc6)n5)c4cc3c21. The molecule has 1 aliphatic carbocycles. The van der Waals surface area contributed by atoms with E-state index in [0.717, 1.165) is 61.6 Å². The third-order valence-corrected chi connectivity index (χ3v) is 12.6. The van der Waals surface area contributed by atoms with Crippen molar-refractivity contribution in [2.24, 2.45) is 0 Å². The van der Waals surface area contributed by atoms with Gasteiger partial charge in [0.1, 0.15) is 11.2 Å². The van der Waals surface area contributed by atoms with E-state index in [1.807, 2.05) is 59.9 Å². The zero-order valence-corrected chi connectivity index (χ0v) is 31.4. The lowest BCUT2D eigenvalue weighted by molar-refractivity contribution is 0.670. The standard InChI is InChI=1S/C51H32N4OS/c1-3-12-33(13-4-1)49-52-50(34-14-5-2-6-15-34)54-51(53-49)55-43-20-9-7-16-37(43)41-30-47-42(29-44(41)55)39-27-26-35(28-46(39)57-47)31-22-24-32(25-23-31)36-18-11-19-40-38-17-8-10-21-45(38)56-48(36)40/h1-27,29-30,35H,28H2. The number of aromatic nitrogens is 4. The van der Waals surface area contributed by atoms with Gasteiger partial charge in [-0.15, -0.1) is 11.3 Å². The van der Waals surface area contributed by atoms with Crippen molar-refractivity contribution in [3.05, 3.63) is 186 Å². The highest BCUT2D eigenvalue weighted by Gasteiger charge is 2.24. The second-order valence-electron chi connectivity index (χ2n) is 14.7. The Balaban J connectivity index is 0.946. The molecule has 6 heteroatoms. The normalized spacial score (nSPS) is 14.0. The van der Waals surface area contributed by atoms with Crippen molar-refractivity contribution >= 4 is 71.2 Å². The summed E-state index contributed by atoms with van der Waals surface area (Å²) in [5, 5.41) is 5.93. The Morgan fingerprint density at radius 3 is 2.00 bits per heavy atom. The number of thiophene rings is 1. The molecule has 57 heavy (non-hydrogen) atoms. The van der Waals surface area contributed by atoms with Gasteiger partial charge in [-0.3, -0.25) is 4.57 Å². The lowest BCUT2D eigenvalue weighted by Gasteiger charge is -2.18. The molecule has 12 rings (SSSR count). The topological polar surface area (TPSA) is 56.7 Å². The lowest BCUT2D eigenvalue weighted by atomic mass is 9.87. The van der Waals surface area contributed by atoms with E-state index in [0.29, 0.717) is 23.5 Å². The Labute approximate surface area is 331 Å². The highest BCUT2D eigenvalue weighted by molar-refractivity contribution is 7.19. The first-order valence-electron chi connectivity index (χ1n) is 19.3. The number of allylic oxidation sites excluding steroid dienone is 1. The van der Waals surface area contributed by atoms with Gasteiger partial charge in [0.15, 0.2) is 11.6 Å². The van der Waals surface area contributed by atoms with Crippen LogP contribution in [0.3, 0.4) is 0 Å². The lowest BCUT2D eigenvalue weighted by Crippen LogP contribution is -2.06. The maximum atomic E-state index is 6.36. The number of fused-ring (bicyclic) bond motifs is 9. The van der Waals surface area contributed by atoms with Crippen LogP contribution in [-0.2, 0) is 6.42 Å². The molecular formula is C51H32N4OS. The highest BCUT2D eigenvalue weighted by Crippen LogP contribution is 2.44. The van der Waals surface area contributed by atoms with Crippen molar-refractivity contribution in [1.29, 1.82) is 0 Å². The van der Waals surface area contributed by atoms with Gasteiger partial charge in [0.2, 0.25) is 5.95 Å². The molecular weight excluding hydrogens is 717 g/mol. The summed E-state index contributed by atoms with van der Waals surface area (Å²) >= 11 is 1.92. The van der Waals surface area contributed by atoms with Gasteiger partial charge in [0, 0.05) is 59.1 Å². The maximum absolute atomic E-state index is 6.36. The third-order valence-electron chi connectivity index (χ3n) is 11.4. The molecule has 0 saturated heterocycles. The van der Waals surface area contributed by atoms with Gasteiger partial charge in [0.05, 0.1) is 11.0 Å². The summed E-state index contributed by atoms with van der Waals surface area (Å²) in [6, 6.07) is 57.4. The largest absolute Gasteiger partial charge is 0.455 e. The summed E-state index contributed by atoms with van der Waals surface area (Å²) in [5.74, 6) is 2.19. The average Bonchev–Trinajstić information content (AvgIpc) is 3.95. The zero-order valence-electron chi connectivity index (χ0n) is 30.6. The molecule has 0 bridgehead atoms. The second-order valence-corrected chi connectivity index (χ2v) is 15.9. The number of hydrogen-bond donors (Lipinski definition) is 0. The van der Waals surface area contributed by atoms with Gasteiger partial charge in [-0.1, -0.05) is 152 Å². The molecule has 0 radical (unpaired) electrons. The fourth-order valence-electron chi connectivity index (χ4n) is 8.67. The van der Waals surface area contributed by atoms with Crippen LogP contribution in [-0.4, -0.2) is 19.5 Å². The van der Waals surface area contributed by atoms with E-state index >= 15 is 0 Å². The molecule has 5 nitrogen and oxygen atoms in total. The van der Waals surface area contributed by atoms with Crippen LogP contribution < -0.4 is 0 Å². The Morgan fingerprint density at radius 1 is 0.544 bits per heavy atom. The van der Waals surface area contributed by atoms with Crippen LogP contribution in [0, 0.1) is 0 Å². The van der Waals surface area contributed by atoms with E-state index in [1.165, 1.54) is 36.9 Å². The first kappa shape index (κ1) is 32.1. The Hall–Kier alpha value is -7.15. The van der Waals surface area contributed by atoms with E-state index in [4.69, 9.17) is 19.4 Å². The maximum Gasteiger partial charge on any atom is 0.238 e. The number of rotatable bonds is 5. The van der Waals surface area contributed by atoms with Crippen molar-refractivity contribution in [1.82, 2.24) is 19.5 Å². The molecule has 4 heterocycles. The van der Waals surface area contributed by atoms with Crippen molar-refractivity contribution in [3.8, 4) is 39.9 Å². The smallest absolute Gasteiger partial charge is 0.238 e. The fourth-order valence-corrected chi connectivity index (χ4v) is 9.94. The van der Waals surface area contributed by atoms with Gasteiger partial charge in [-0.05, 0) is 47.4 Å². The summed E-state index contributed by atoms with van der Waals surface area (Å²) in [5.41, 5.74) is 10.8. The van der Waals surface area contributed by atoms with Crippen molar-refractivity contribution in [2.45, 2.75) is 12.3 Å². The minimum Gasteiger partial charge on any atom is -0.455 e. The van der Waals surface area contributed by atoms with Crippen molar-refractivity contribution in [3.63, 3.8) is 0 Å². The molecule has 268 valence electrons. The number of hydrogen-bond acceptors (Lipinski definition) is 5. The van der Waals surface area contributed by atoms with Crippen LogP contribution >= 0.6 is 11.3 Å². The zero-order chi connectivity index (χ0) is 37.5. The van der Waals surface area contributed by atoms with Crippen LogP contribution in [0.25, 0.3) is 99.8 Å². The van der Waals surface area contributed by atoms with E-state index in [9.17, 15) is 0 Å². The molecule has 0 saturated carbocycles. The van der Waals surface area contributed by atoms with E-state index < -0.39 is 0 Å². The van der Waals surface area contributed by atoms with Gasteiger partial charge < -0.3 is 4.42 Å². The molecule has 1 aliphatic rings. The monoisotopic (exact) mass is 748 g/mol. The number of para-hydroxylation sites is 3. The molecule has 0 N–H and O–H groups in total. The molecule has 0 spiro atoms. The van der Waals surface area contributed by atoms with E-state index in [2.05, 4.69) is 132 Å². The molecule has 0 fully saturated rings. The Bertz CT molecular complexity index is 3320. The first-order valence-corrected chi connectivity index (χ1v) is 20.1. The van der Waals surface area contributed by atoms with Crippen LogP contribution in [0.5, 0.6) is 0 Å². The van der Waals surface area contributed by atoms with Gasteiger partial charge >= 0.3 is 0 Å². The Morgan fingerprint density at radius 2 is 1.23 bits per heavy atom. The number of furan rings is 1. The predicted octanol–water partition coefficient (Wildman–Crippen LogP) is 13.4. The van der Waals surface area contributed by atoms with Gasteiger partial charge in [0.25, 0.3) is 0 Å². The first-order chi connectivity index (χ1) is 28.2. The summed E-state index contributed by atoms with van der Waals surface area (Å²) in [4.78, 5) is 16.7. The van der Waals surface area contributed by atoms with E-state index in [1.54, 1.807) is 0 Å². The highest BCUT2D eigenvalue weighted by atomic mass is 32.1. The minimum atomic E-state index is 0.295. The van der Waals surface area contributed by atoms with Crippen LogP contribution in [0.4, 0.5) is 0 Å². The average molecular weight is 749 g/mol. The van der Waals surface area contributed by atoms with Crippen molar-refractivity contribution < 1.29 is 4.42 Å². The third kappa shape index (κ3) is 5.18. The van der Waals surface area contributed by atoms with Gasteiger partial charge in [-0.2, -0.15) is 9.97 Å². The Kier molecular flexibility index (Phi) is 7.16. The van der Waals surface area contributed by atoms with Crippen LogP contribution in [0.2, 0.25) is 0 Å². The fraction of sp³-hybridized carbons (Fsp3) is 0.0392. The van der Waals surface area contributed by atoms with Crippen LogP contribution in [0.1, 0.15) is 21.9 Å². The minimum absolute atomic E-state index is 0.295. The second kappa shape index (κ2) is 12.7. The summed E-state index contributed by atoms with van der Waals surface area (Å²) in [6.45, 7) is 0. The number of nitrogens with zero attached hydrogens (tertiary/aromatic N) is 4. The molecule has 1 atom stereocenters. The summed E-state index contributed by atoms with van der Waals surface area (Å²) in [6.07, 6.45) is 5.69. The number of benzene rings is 7. The van der Waals surface area contributed by atoms with E-state index in [-0.39, 0.29) is 0 Å². The molecule has 0 amide bonds. The molecule has 4 aromatic heterocycles.